The Labute approximate surface area is 118 Å². The van der Waals surface area contributed by atoms with Crippen LogP contribution in [0.4, 0.5) is 0 Å². The van der Waals surface area contributed by atoms with E-state index >= 15 is 0 Å². The van der Waals surface area contributed by atoms with Crippen LogP contribution >= 0.6 is 0 Å². The van der Waals surface area contributed by atoms with Gasteiger partial charge < -0.3 is 4.74 Å². The normalized spacial score (nSPS) is 14.4. The smallest absolute Gasteiger partial charge is 0.388 e. The van der Waals surface area contributed by atoms with Crippen LogP contribution in [0.2, 0.25) is 0 Å². The van der Waals surface area contributed by atoms with E-state index in [9.17, 15) is 14.4 Å². The van der Waals surface area contributed by atoms with Crippen LogP contribution < -0.4 is 4.74 Å². The third-order valence-corrected chi connectivity index (χ3v) is 3.67. The van der Waals surface area contributed by atoms with Crippen molar-refractivity contribution in [2.45, 2.75) is 0 Å². The monoisotopic (exact) mass is 276 g/mol. The summed E-state index contributed by atoms with van der Waals surface area (Å²) < 4.78 is 5.07. The zero-order chi connectivity index (χ0) is 14.6. The summed E-state index contributed by atoms with van der Waals surface area (Å²) in [5, 5.41) is 3.52. The number of ketones is 2. The second kappa shape index (κ2) is 3.99. The minimum absolute atomic E-state index is 0.141. The summed E-state index contributed by atoms with van der Waals surface area (Å²) in [6.45, 7) is 0. The number of hydrogen-bond donors (Lipinski definition) is 0. The molecule has 0 saturated carbocycles. The molecule has 0 saturated heterocycles. The number of rotatable bonds is 0. The van der Waals surface area contributed by atoms with E-state index in [1.165, 1.54) is 6.07 Å². The molecule has 0 bridgehead atoms. The molecule has 0 spiro atoms. The van der Waals surface area contributed by atoms with Crippen molar-refractivity contribution in [2.24, 2.45) is 0 Å². The SMILES string of the molecule is O=C1Oc2c(ccc3cc4ccccc4cc23)C(=O)C1=O. The molecular formula is C17H8O4. The van der Waals surface area contributed by atoms with Gasteiger partial charge in [-0.3, -0.25) is 9.59 Å². The molecule has 4 nitrogen and oxygen atoms in total. The fraction of sp³-hybridized carbons (Fsp3) is 0. The van der Waals surface area contributed by atoms with Crippen molar-refractivity contribution < 1.29 is 19.1 Å². The summed E-state index contributed by atoms with van der Waals surface area (Å²) in [6, 6.07) is 14.9. The maximum atomic E-state index is 11.9. The van der Waals surface area contributed by atoms with Crippen molar-refractivity contribution in [2.75, 3.05) is 0 Å². The van der Waals surface area contributed by atoms with Crippen LogP contribution in [0, 0.1) is 0 Å². The minimum atomic E-state index is -1.12. The first-order valence-corrected chi connectivity index (χ1v) is 6.41. The lowest BCUT2D eigenvalue weighted by Crippen LogP contribution is -2.33. The van der Waals surface area contributed by atoms with Gasteiger partial charge in [0.1, 0.15) is 5.75 Å². The van der Waals surface area contributed by atoms with Crippen LogP contribution in [0.1, 0.15) is 10.4 Å². The fourth-order valence-corrected chi connectivity index (χ4v) is 2.63. The van der Waals surface area contributed by atoms with Gasteiger partial charge in [0.15, 0.2) is 0 Å². The van der Waals surface area contributed by atoms with E-state index in [-0.39, 0.29) is 11.3 Å². The quantitative estimate of drug-likeness (QED) is 0.274. The number of hydrogen-bond acceptors (Lipinski definition) is 4. The Morgan fingerprint density at radius 1 is 0.714 bits per heavy atom. The molecule has 100 valence electrons. The number of benzene rings is 3. The summed E-state index contributed by atoms with van der Waals surface area (Å²) in [5.41, 5.74) is 0.141. The van der Waals surface area contributed by atoms with Gasteiger partial charge in [-0.1, -0.05) is 30.3 Å². The molecule has 3 aromatic carbocycles. The fourth-order valence-electron chi connectivity index (χ4n) is 2.63. The number of carbonyl (C=O) groups excluding carboxylic acids is 3. The lowest BCUT2D eigenvalue weighted by molar-refractivity contribution is -0.145. The average Bonchev–Trinajstić information content (AvgIpc) is 2.51. The van der Waals surface area contributed by atoms with Crippen molar-refractivity contribution >= 4 is 39.1 Å². The molecule has 1 aliphatic rings. The number of carbonyl (C=O) groups is 3. The second-order valence-electron chi connectivity index (χ2n) is 4.91. The molecule has 0 aromatic heterocycles. The van der Waals surface area contributed by atoms with Gasteiger partial charge in [0.2, 0.25) is 5.78 Å². The molecule has 0 N–H and O–H groups in total. The van der Waals surface area contributed by atoms with E-state index in [1.54, 1.807) is 6.07 Å². The lowest BCUT2D eigenvalue weighted by atomic mass is 9.96. The molecule has 21 heavy (non-hydrogen) atoms. The third-order valence-electron chi connectivity index (χ3n) is 3.67. The number of ether oxygens (including phenoxy) is 1. The van der Waals surface area contributed by atoms with Gasteiger partial charge in [-0.25, -0.2) is 4.79 Å². The highest BCUT2D eigenvalue weighted by Crippen LogP contribution is 2.35. The topological polar surface area (TPSA) is 60.4 Å². The number of fused-ring (bicyclic) bond motifs is 4. The summed E-state index contributed by atoms with van der Waals surface area (Å²) in [7, 11) is 0. The highest BCUT2D eigenvalue weighted by Gasteiger charge is 2.35. The van der Waals surface area contributed by atoms with Gasteiger partial charge in [0.05, 0.1) is 5.56 Å². The Hall–Kier alpha value is -3.01. The molecule has 4 heteroatoms. The van der Waals surface area contributed by atoms with Crippen LogP contribution in [0.3, 0.4) is 0 Å². The van der Waals surface area contributed by atoms with E-state index in [0.717, 1.165) is 16.2 Å². The van der Waals surface area contributed by atoms with E-state index in [2.05, 4.69) is 0 Å². The largest absolute Gasteiger partial charge is 0.419 e. The minimum Gasteiger partial charge on any atom is -0.419 e. The zero-order valence-electron chi connectivity index (χ0n) is 10.8. The maximum Gasteiger partial charge on any atom is 0.388 e. The molecule has 0 amide bonds. The van der Waals surface area contributed by atoms with E-state index in [0.29, 0.717) is 5.39 Å². The molecule has 0 unspecified atom stereocenters. The van der Waals surface area contributed by atoms with Crippen molar-refractivity contribution in [1.29, 1.82) is 0 Å². The molecule has 1 heterocycles. The van der Waals surface area contributed by atoms with Gasteiger partial charge in [0, 0.05) is 5.39 Å². The third kappa shape index (κ3) is 1.59. The standard InChI is InChI=1S/C17H8O4/c18-14-12-6-5-11-7-9-3-1-2-4-10(9)8-13(11)16(12)21-17(20)15(14)19/h1-8H. The van der Waals surface area contributed by atoms with E-state index in [1.807, 2.05) is 36.4 Å². The van der Waals surface area contributed by atoms with Gasteiger partial charge in [-0.2, -0.15) is 0 Å². The lowest BCUT2D eigenvalue weighted by Gasteiger charge is -2.16. The molecule has 0 fully saturated rings. The Kier molecular flexibility index (Phi) is 2.24. The van der Waals surface area contributed by atoms with Crippen molar-refractivity contribution in [3.63, 3.8) is 0 Å². The average molecular weight is 276 g/mol. The number of Topliss-reactive ketones (excluding diaryl/α,β-unsaturated/α-hetero) is 2. The summed E-state index contributed by atoms with van der Waals surface area (Å²) >= 11 is 0. The molecule has 1 aliphatic heterocycles. The Morgan fingerprint density at radius 2 is 1.43 bits per heavy atom. The highest BCUT2D eigenvalue weighted by molar-refractivity contribution is 6.67. The van der Waals surface area contributed by atoms with Gasteiger partial charge in [-0.05, 0) is 34.4 Å². The molecule has 0 aliphatic carbocycles. The first-order chi connectivity index (χ1) is 10.1. The van der Waals surface area contributed by atoms with Crippen LogP contribution in [-0.4, -0.2) is 17.5 Å². The summed E-state index contributed by atoms with van der Waals surface area (Å²) in [6.07, 6.45) is 0. The Morgan fingerprint density at radius 3 is 2.19 bits per heavy atom. The van der Waals surface area contributed by atoms with Gasteiger partial charge >= 0.3 is 11.8 Å². The zero-order valence-corrected chi connectivity index (χ0v) is 10.8. The first kappa shape index (κ1) is 11.8. The van der Waals surface area contributed by atoms with Gasteiger partial charge in [0.25, 0.3) is 0 Å². The predicted molar refractivity (Wildman–Crippen MR) is 76.4 cm³/mol. The van der Waals surface area contributed by atoms with Crippen LogP contribution in [0.5, 0.6) is 5.75 Å². The highest BCUT2D eigenvalue weighted by atomic mass is 16.5. The van der Waals surface area contributed by atoms with Crippen molar-refractivity contribution in [3.05, 3.63) is 54.1 Å². The van der Waals surface area contributed by atoms with Crippen LogP contribution in [0.15, 0.2) is 48.5 Å². The van der Waals surface area contributed by atoms with Crippen LogP contribution in [-0.2, 0) is 9.59 Å². The van der Waals surface area contributed by atoms with Crippen molar-refractivity contribution in [3.8, 4) is 5.75 Å². The maximum absolute atomic E-state index is 11.9. The number of esters is 1. The Balaban J connectivity index is 2.11. The second-order valence-corrected chi connectivity index (χ2v) is 4.91. The molecule has 0 radical (unpaired) electrons. The molecular weight excluding hydrogens is 268 g/mol. The summed E-state index contributed by atoms with van der Waals surface area (Å²) in [5.74, 6) is -2.88. The van der Waals surface area contributed by atoms with E-state index < -0.39 is 17.5 Å². The first-order valence-electron chi connectivity index (χ1n) is 6.41. The Bertz CT molecular complexity index is 969. The molecule has 4 rings (SSSR count). The summed E-state index contributed by atoms with van der Waals surface area (Å²) in [4.78, 5) is 34.8. The van der Waals surface area contributed by atoms with Gasteiger partial charge in [-0.15, -0.1) is 0 Å². The van der Waals surface area contributed by atoms with Crippen LogP contribution in [0.25, 0.3) is 21.5 Å². The van der Waals surface area contributed by atoms with Crippen molar-refractivity contribution in [1.82, 2.24) is 0 Å². The molecule has 0 atom stereocenters. The predicted octanol–water partition coefficient (Wildman–Crippen LogP) is 2.66. The van der Waals surface area contributed by atoms with E-state index in [4.69, 9.17) is 4.74 Å². The molecule has 3 aromatic rings.